The summed E-state index contributed by atoms with van der Waals surface area (Å²) in [7, 11) is -3.36. The Hall–Kier alpha value is 0.0500. The van der Waals surface area contributed by atoms with Gasteiger partial charge in [0.15, 0.2) is 0 Å². The van der Waals surface area contributed by atoms with Gasteiger partial charge >= 0.3 is 0 Å². The molecule has 0 bridgehead atoms. The molecule has 0 aliphatic heterocycles. The largest absolute Gasteiger partial charge is 0.380 e. The summed E-state index contributed by atoms with van der Waals surface area (Å²) >= 11 is 4.40. The topological polar surface area (TPSA) is 55.4 Å². The maximum atomic E-state index is 11.6. The van der Waals surface area contributed by atoms with Crippen LogP contribution in [0.2, 0.25) is 0 Å². The van der Waals surface area contributed by atoms with Crippen LogP contribution in [0.5, 0.6) is 0 Å². The summed E-state index contributed by atoms with van der Waals surface area (Å²) in [5.41, 5.74) is 0. The number of hydrogen-bond acceptors (Lipinski definition) is 4. The third-order valence-electron chi connectivity index (χ3n) is 1.56. The Kier molecular flexibility index (Phi) is 5.20. The van der Waals surface area contributed by atoms with Gasteiger partial charge in [0.2, 0.25) is 10.0 Å². The Balaban J connectivity index is 2.53. The molecule has 1 heterocycles. The van der Waals surface area contributed by atoms with Crippen LogP contribution in [0.15, 0.2) is 20.1 Å². The number of thiophene rings is 1. The first-order chi connectivity index (χ1) is 7.06. The second kappa shape index (κ2) is 5.95. The third-order valence-corrected chi connectivity index (χ3v) is 5.13. The van der Waals surface area contributed by atoms with Crippen molar-refractivity contribution in [3.05, 3.63) is 15.9 Å². The van der Waals surface area contributed by atoms with E-state index in [4.69, 9.17) is 4.74 Å². The molecule has 4 nitrogen and oxygen atoms in total. The molecule has 0 saturated carbocycles. The summed E-state index contributed by atoms with van der Waals surface area (Å²) < 4.78 is 31.9. The van der Waals surface area contributed by atoms with Gasteiger partial charge in [-0.05, 0) is 35.0 Å². The normalized spacial score (nSPS) is 11.9. The van der Waals surface area contributed by atoms with Gasteiger partial charge in [0.05, 0.1) is 10.4 Å². The quantitative estimate of drug-likeness (QED) is 0.815. The van der Waals surface area contributed by atoms with Gasteiger partial charge in [-0.1, -0.05) is 0 Å². The predicted octanol–water partition coefficient (Wildman–Crippen LogP) is 1.83. The van der Waals surface area contributed by atoms with Crippen LogP contribution in [0.4, 0.5) is 0 Å². The minimum atomic E-state index is -3.36. The number of sulfonamides is 1. The monoisotopic (exact) mass is 313 g/mol. The molecule has 0 aliphatic rings. The van der Waals surface area contributed by atoms with Crippen molar-refractivity contribution in [1.82, 2.24) is 4.72 Å². The van der Waals surface area contributed by atoms with Crippen LogP contribution < -0.4 is 4.72 Å². The van der Waals surface area contributed by atoms with Gasteiger partial charge < -0.3 is 4.74 Å². The lowest BCUT2D eigenvalue weighted by Gasteiger charge is -2.04. The van der Waals surface area contributed by atoms with E-state index < -0.39 is 10.0 Å². The van der Waals surface area contributed by atoms with Crippen molar-refractivity contribution in [2.75, 3.05) is 19.8 Å². The predicted molar refractivity (Wildman–Crippen MR) is 63.7 cm³/mol. The van der Waals surface area contributed by atoms with E-state index in [-0.39, 0.29) is 0 Å². The summed E-state index contributed by atoms with van der Waals surface area (Å²) in [4.78, 5) is 0. The van der Waals surface area contributed by atoms with E-state index in [1.807, 2.05) is 6.92 Å². The van der Waals surface area contributed by atoms with Gasteiger partial charge in [-0.25, -0.2) is 13.1 Å². The maximum absolute atomic E-state index is 11.6. The summed E-state index contributed by atoms with van der Waals surface area (Å²) in [6.07, 6.45) is 0. The van der Waals surface area contributed by atoms with Crippen molar-refractivity contribution in [1.29, 1.82) is 0 Å². The van der Waals surface area contributed by atoms with Crippen molar-refractivity contribution >= 4 is 37.3 Å². The molecule has 0 atom stereocenters. The van der Waals surface area contributed by atoms with Crippen LogP contribution >= 0.6 is 27.3 Å². The third kappa shape index (κ3) is 4.20. The molecule has 0 radical (unpaired) electrons. The average Bonchev–Trinajstić information content (AvgIpc) is 2.60. The van der Waals surface area contributed by atoms with E-state index in [0.29, 0.717) is 24.0 Å². The molecule has 0 aliphatic carbocycles. The zero-order valence-corrected chi connectivity index (χ0v) is 11.4. The van der Waals surface area contributed by atoms with E-state index in [0.717, 1.165) is 3.79 Å². The molecule has 15 heavy (non-hydrogen) atoms. The summed E-state index contributed by atoms with van der Waals surface area (Å²) in [5.74, 6) is 0. The zero-order valence-electron chi connectivity index (χ0n) is 8.20. The van der Waals surface area contributed by atoms with Gasteiger partial charge in [-0.3, -0.25) is 0 Å². The molecule has 86 valence electrons. The Labute approximate surface area is 102 Å². The fourth-order valence-corrected chi connectivity index (χ4v) is 3.97. The van der Waals surface area contributed by atoms with Crippen molar-refractivity contribution < 1.29 is 13.2 Å². The molecule has 1 aromatic rings. The molecule has 0 fully saturated rings. The standard InChI is InChI=1S/C8H12BrNO3S2/c1-2-13-6-5-10-15(11,12)8-4-3-7(9)14-8/h3-4,10H,2,5-6H2,1H3. The summed E-state index contributed by atoms with van der Waals surface area (Å²) in [5, 5.41) is 0. The second-order valence-electron chi connectivity index (χ2n) is 2.65. The first-order valence-corrected chi connectivity index (χ1v) is 7.48. The van der Waals surface area contributed by atoms with Crippen LogP contribution in [0, 0.1) is 0 Å². The van der Waals surface area contributed by atoms with Crippen LogP contribution in [0.25, 0.3) is 0 Å². The Morgan fingerprint density at radius 2 is 2.27 bits per heavy atom. The van der Waals surface area contributed by atoms with E-state index in [1.165, 1.54) is 11.3 Å². The average molecular weight is 314 g/mol. The maximum Gasteiger partial charge on any atom is 0.250 e. The highest BCUT2D eigenvalue weighted by atomic mass is 79.9. The number of ether oxygens (including phenoxy) is 1. The molecular formula is C8H12BrNO3S2. The van der Waals surface area contributed by atoms with Gasteiger partial charge in [0.1, 0.15) is 4.21 Å². The lowest BCUT2D eigenvalue weighted by Crippen LogP contribution is -2.26. The molecule has 1 aromatic heterocycles. The smallest absolute Gasteiger partial charge is 0.250 e. The molecule has 0 spiro atoms. The van der Waals surface area contributed by atoms with Crippen LogP contribution in [-0.4, -0.2) is 28.2 Å². The number of halogens is 1. The molecule has 0 aromatic carbocycles. The van der Waals surface area contributed by atoms with Gasteiger partial charge in [-0.2, -0.15) is 0 Å². The molecule has 7 heteroatoms. The fourth-order valence-electron chi connectivity index (χ4n) is 0.906. The van der Waals surface area contributed by atoms with E-state index in [1.54, 1.807) is 12.1 Å². The highest BCUT2D eigenvalue weighted by molar-refractivity contribution is 9.11. The van der Waals surface area contributed by atoms with Crippen molar-refractivity contribution in [2.45, 2.75) is 11.1 Å². The van der Waals surface area contributed by atoms with Crippen molar-refractivity contribution in [3.63, 3.8) is 0 Å². The number of hydrogen-bond donors (Lipinski definition) is 1. The number of nitrogens with one attached hydrogen (secondary N) is 1. The zero-order chi connectivity index (χ0) is 11.3. The van der Waals surface area contributed by atoms with Crippen LogP contribution in [0.3, 0.4) is 0 Å². The molecular weight excluding hydrogens is 302 g/mol. The van der Waals surface area contributed by atoms with Crippen molar-refractivity contribution in [2.24, 2.45) is 0 Å². The second-order valence-corrected chi connectivity index (χ2v) is 7.11. The minimum absolute atomic E-state index is 0.297. The Morgan fingerprint density at radius 3 is 2.80 bits per heavy atom. The van der Waals surface area contributed by atoms with Crippen LogP contribution in [0.1, 0.15) is 6.92 Å². The van der Waals surface area contributed by atoms with Gasteiger partial charge in [0, 0.05) is 13.2 Å². The van der Waals surface area contributed by atoms with E-state index in [9.17, 15) is 8.42 Å². The van der Waals surface area contributed by atoms with E-state index in [2.05, 4.69) is 20.7 Å². The molecule has 0 amide bonds. The van der Waals surface area contributed by atoms with Gasteiger partial charge in [-0.15, -0.1) is 11.3 Å². The highest BCUT2D eigenvalue weighted by Crippen LogP contribution is 2.25. The molecule has 1 N–H and O–H groups in total. The molecule has 0 unspecified atom stereocenters. The number of rotatable bonds is 6. The SMILES string of the molecule is CCOCCNS(=O)(=O)c1ccc(Br)s1. The van der Waals surface area contributed by atoms with Crippen LogP contribution in [-0.2, 0) is 14.8 Å². The summed E-state index contributed by atoms with van der Waals surface area (Å²) in [6, 6.07) is 3.28. The molecule has 1 rings (SSSR count). The fraction of sp³-hybridized carbons (Fsp3) is 0.500. The minimum Gasteiger partial charge on any atom is -0.380 e. The first kappa shape index (κ1) is 13.1. The lowest BCUT2D eigenvalue weighted by molar-refractivity contribution is 0.153. The lowest BCUT2D eigenvalue weighted by atomic mass is 10.7. The highest BCUT2D eigenvalue weighted by Gasteiger charge is 2.15. The first-order valence-electron chi connectivity index (χ1n) is 4.39. The summed E-state index contributed by atoms with van der Waals surface area (Å²) in [6.45, 7) is 3.14. The Bertz CT molecular complexity index is 402. The van der Waals surface area contributed by atoms with Gasteiger partial charge in [0.25, 0.3) is 0 Å². The van der Waals surface area contributed by atoms with Crippen molar-refractivity contribution in [3.8, 4) is 0 Å². The Morgan fingerprint density at radius 1 is 1.53 bits per heavy atom. The van der Waals surface area contributed by atoms with E-state index >= 15 is 0 Å². The molecule has 0 saturated heterocycles.